The number of aromatic nitrogens is 3. The Balaban J connectivity index is 1.59. The summed E-state index contributed by atoms with van der Waals surface area (Å²) in [6.45, 7) is 0. The molecule has 0 bridgehead atoms. The van der Waals surface area contributed by atoms with Gasteiger partial charge in [-0.1, -0.05) is 25.7 Å². The summed E-state index contributed by atoms with van der Waals surface area (Å²) in [5.41, 5.74) is 12.7. The van der Waals surface area contributed by atoms with E-state index < -0.39 is 29.5 Å². The second-order valence-electron chi connectivity index (χ2n) is 7.46. The number of rotatable bonds is 7. The first-order valence-corrected chi connectivity index (χ1v) is 9.95. The third kappa shape index (κ3) is 5.71. The number of hydrogen-bond acceptors (Lipinski definition) is 8. The SMILES string of the molecule is Nc1cc(=O)n(NC(=O)Nc2ccc(C(=O)N[C@@H](CC3CCCC3)C(=O)O)nc2)c(N)n1. The van der Waals surface area contributed by atoms with Crippen molar-refractivity contribution in [1.29, 1.82) is 0 Å². The minimum absolute atomic E-state index is 0.00294. The van der Waals surface area contributed by atoms with Crippen molar-refractivity contribution in [2.75, 3.05) is 22.2 Å². The van der Waals surface area contributed by atoms with Crippen LogP contribution in [0.5, 0.6) is 0 Å². The Morgan fingerprint density at radius 1 is 1.22 bits per heavy atom. The van der Waals surface area contributed by atoms with Gasteiger partial charge in [0.2, 0.25) is 5.95 Å². The monoisotopic (exact) mass is 444 g/mol. The molecule has 13 heteroatoms. The van der Waals surface area contributed by atoms with Crippen LogP contribution in [0.3, 0.4) is 0 Å². The summed E-state index contributed by atoms with van der Waals surface area (Å²) in [7, 11) is 0. The highest BCUT2D eigenvalue weighted by Crippen LogP contribution is 2.28. The average molecular weight is 444 g/mol. The number of urea groups is 1. The predicted molar refractivity (Wildman–Crippen MR) is 115 cm³/mol. The molecule has 0 unspecified atom stereocenters. The molecule has 2 aromatic heterocycles. The number of carboxylic acids is 1. The zero-order chi connectivity index (χ0) is 23.3. The fourth-order valence-corrected chi connectivity index (χ4v) is 3.53. The zero-order valence-electron chi connectivity index (χ0n) is 17.1. The Morgan fingerprint density at radius 3 is 2.53 bits per heavy atom. The molecular weight excluding hydrogens is 420 g/mol. The molecule has 8 N–H and O–H groups in total. The topological polar surface area (TPSA) is 207 Å². The van der Waals surface area contributed by atoms with Crippen LogP contribution in [0.25, 0.3) is 0 Å². The lowest BCUT2D eigenvalue weighted by Crippen LogP contribution is -2.42. The van der Waals surface area contributed by atoms with Crippen molar-refractivity contribution in [2.45, 2.75) is 38.1 Å². The molecular formula is C19H24N8O5. The van der Waals surface area contributed by atoms with Crippen LogP contribution >= 0.6 is 0 Å². The third-order valence-electron chi connectivity index (χ3n) is 5.08. The smallest absolute Gasteiger partial charge is 0.338 e. The van der Waals surface area contributed by atoms with E-state index in [2.05, 4.69) is 26.0 Å². The first-order chi connectivity index (χ1) is 15.2. The summed E-state index contributed by atoms with van der Waals surface area (Å²) in [6, 6.07) is 1.93. The summed E-state index contributed by atoms with van der Waals surface area (Å²) in [6.07, 6.45) is 5.67. The molecule has 1 saturated carbocycles. The van der Waals surface area contributed by atoms with Gasteiger partial charge in [-0.3, -0.25) is 9.59 Å². The average Bonchev–Trinajstić information content (AvgIpc) is 3.24. The maximum Gasteiger partial charge on any atom is 0.338 e. The van der Waals surface area contributed by atoms with Crippen molar-refractivity contribution in [3.63, 3.8) is 0 Å². The number of carbonyl (C=O) groups excluding carboxylic acids is 2. The highest BCUT2D eigenvalue weighted by Gasteiger charge is 2.26. The molecule has 3 rings (SSSR count). The maximum absolute atomic E-state index is 12.4. The highest BCUT2D eigenvalue weighted by atomic mass is 16.4. The van der Waals surface area contributed by atoms with Gasteiger partial charge in [-0.15, -0.1) is 0 Å². The zero-order valence-corrected chi connectivity index (χ0v) is 17.1. The Labute approximate surface area is 182 Å². The van der Waals surface area contributed by atoms with E-state index in [0.717, 1.165) is 31.7 Å². The van der Waals surface area contributed by atoms with E-state index in [1.165, 1.54) is 18.3 Å². The number of anilines is 3. The van der Waals surface area contributed by atoms with Gasteiger partial charge in [0, 0.05) is 6.07 Å². The molecule has 1 fully saturated rings. The van der Waals surface area contributed by atoms with Crippen LogP contribution in [0.15, 0.2) is 29.2 Å². The first kappa shape index (κ1) is 22.5. The summed E-state index contributed by atoms with van der Waals surface area (Å²) < 4.78 is 0.706. The molecule has 0 saturated heterocycles. The van der Waals surface area contributed by atoms with Gasteiger partial charge < -0.3 is 27.2 Å². The van der Waals surface area contributed by atoms with E-state index in [1.54, 1.807) is 0 Å². The number of nitrogen functional groups attached to an aromatic ring is 2. The van der Waals surface area contributed by atoms with Gasteiger partial charge in [-0.25, -0.2) is 20.0 Å². The van der Waals surface area contributed by atoms with Gasteiger partial charge in [-0.05, 0) is 24.5 Å². The first-order valence-electron chi connectivity index (χ1n) is 9.95. The van der Waals surface area contributed by atoms with Gasteiger partial charge in [-0.2, -0.15) is 9.66 Å². The predicted octanol–water partition coefficient (Wildman–Crippen LogP) is 0.342. The molecule has 0 radical (unpaired) electrons. The summed E-state index contributed by atoms with van der Waals surface area (Å²) >= 11 is 0. The van der Waals surface area contributed by atoms with Crippen molar-refractivity contribution in [2.24, 2.45) is 5.92 Å². The summed E-state index contributed by atoms with van der Waals surface area (Å²) in [5, 5.41) is 14.3. The molecule has 1 aliphatic rings. The fraction of sp³-hybridized carbons (Fsp3) is 0.368. The maximum atomic E-state index is 12.4. The molecule has 0 spiro atoms. The number of nitrogens with one attached hydrogen (secondary N) is 3. The van der Waals surface area contributed by atoms with Crippen LogP contribution < -0.4 is 33.1 Å². The van der Waals surface area contributed by atoms with Gasteiger partial charge in [0.05, 0.1) is 11.9 Å². The molecule has 13 nitrogen and oxygen atoms in total. The van der Waals surface area contributed by atoms with Crippen LogP contribution in [0.1, 0.15) is 42.6 Å². The number of hydrogen-bond donors (Lipinski definition) is 6. The lowest BCUT2D eigenvalue weighted by molar-refractivity contribution is -0.139. The molecule has 0 aliphatic heterocycles. The molecule has 0 aromatic carbocycles. The number of amides is 3. The lowest BCUT2D eigenvalue weighted by Gasteiger charge is -2.18. The number of nitrogens with two attached hydrogens (primary N) is 2. The van der Waals surface area contributed by atoms with E-state index >= 15 is 0 Å². The number of carbonyl (C=O) groups is 3. The van der Waals surface area contributed by atoms with Crippen LogP contribution in [-0.2, 0) is 4.79 Å². The van der Waals surface area contributed by atoms with Crippen LogP contribution in [0.2, 0.25) is 0 Å². The van der Waals surface area contributed by atoms with Gasteiger partial charge >= 0.3 is 12.0 Å². The summed E-state index contributed by atoms with van der Waals surface area (Å²) in [5.74, 6) is -1.82. The number of aliphatic carboxylic acids is 1. The molecule has 3 amide bonds. The fourth-order valence-electron chi connectivity index (χ4n) is 3.53. The van der Waals surface area contributed by atoms with E-state index in [-0.39, 0.29) is 29.1 Å². The molecule has 32 heavy (non-hydrogen) atoms. The van der Waals surface area contributed by atoms with E-state index in [9.17, 15) is 24.3 Å². The molecule has 2 aromatic rings. The minimum atomic E-state index is -1.09. The number of pyridine rings is 1. The van der Waals surface area contributed by atoms with E-state index in [1.807, 2.05) is 0 Å². The van der Waals surface area contributed by atoms with Crippen LogP contribution in [-0.4, -0.2) is 43.7 Å². The van der Waals surface area contributed by atoms with Crippen molar-refractivity contribution < 1.29 is 19.5 Å². The molecule has 2 heterocycles. The van der Waals surface area contributed by atoms with E-state index in [4.69, 9.17) is 11.5 Å². The molecule has 1 atom stereocenters. The van der Waals surface area contributed by atoms with Gasteiger partial charge in [0.15, 0.2) is 0 Å². The quantitative estimate of drug-likeness (QED) is 0.347. The van der Waals surface area contributed by atoms with Gasteiger partial charge in [0.25, 0.3) is 11.5 Å². The molecule has 170 valence electrons. The van der Waals surface area contributed by atoms with Crippen LogP contribution in [0.4, 0.5) is 22.2 Å². The standard InChI is InChI=1S/C19H24N8O5/c20-14-8-15(28)27(18(21)25-14)26-19(32)23-11-5-6-12(22-9-11)16(29)24-13(17(30)31)7-10-3-1-2-4-10/h5-6,8-10,13H,1-4,7,20H2,(H2,21,25)(H,24,29)(H,30,31)(H2,23,26,32)/t13-/m0/s1. The Kier molecular flexibility index (Phi) is 6.87. The van der Waals surface area contributed by atoms with Crippen molar-refractivity contribution in [3.8, 4) is 0 Å². The largest absolute Gasteiger partial charge is 0.480 e. The normalized spacial score (nSPS) is 14.5. The Morgan fingerprint density at radius 2 is 1.94 bits per heavy atom. The molecule has 1 aliphatic carbocycles. The second-order valence-corrected chi connectivity index (χ2v) is 7.46. The lowest BCUT2D eigenvalue weighted by atomic mass is 9.98. The third-order valence-corrected chi connectivity index (χ3v) is 5.08. The van der Waals surface area contributed by atoms with Crippen molar-refractivity contribution in [1.82, 2.24) is 20.0 Å². The number of carboxylic acid groups (broad SMARTS) is 1. The number of nitrogens with zero attached hydrogens (tertiary/aromatic N) is 3. The second kappa shape index (κ2) is 9.76. The van der Waals surface area contributed by atoms with E-state index in [0.29, 0.717) is 11.1 Å². The minimum Gasteiger partial charge on any atom is -0.480 e. The highest BCUT2D eigenvalue weighted by molar-refractivity contribution is 5.97. The van der Waals surface area contributed by atoms with Crippen LogP contribution in [0, 0.1) is 5.92 Å². The Hall–Kier alpha value is -4.16. The van der Waals surface area contributed by atoms with Crippen molar-refractivity contribution in [3.05, 3.63) is 40.4 Å². The van der Waals surface area contributed by atoms with Gasteiger partial charge in [0.1, 0.15) is 17.6 Å². The van der Waals surface area contributed by atoms with Crippen molar-refractivity contribution >= 4 is 35.4 Å². The Bertz CT molecular complexity index is 1060. The summed E-state index contributed by atoms with van der Waals surface area (Å²) in [4.78, 5) is 55.5.